The number of amides is 2. The maximum Gasteiger partial charge on any atom is 0.410 e. The Morgan fingerprint density at radius 3 is 2.82 bits per heavy atom. The Bertz CT molecular complexity index is 863. The summed E-state index contributed by atoms with van der Waals surface area (Å²) in [5, 5.41) is 8.62. The minimum absolute atomic E-state index is 0.213. The lowest BCUT2D eigenvalue weighted by molar-refractivity contribution is 0.0226. The first-order valence-electron chi connectivity index (χ1n) is 9.46. The van der Waals surface area contributed by atoms with Crippen molar-refractivity contribution in [1.82, 2.24) is 10.1 Å². The van der Waals surface area contributed by atoms with E-state index < -0.39 is 5.60 Å². The van der Waals surface area contributed by atoms with Gasteiger partial charge >= 0.3 is 6.09 Å². The summed E-state index contributed by atoms with van der Waals surface area (Å²) in [4.78, 5) is 27.7. The highest BCUT2D eigenvalue weighted by atomic mass is 32.1. The summed E-state index contributed by atoms with van der Waals surface area (Å²) in [5.41, 5.74) is 1.92. The molecule has 7 nitrogen and oxygen atoms in total. The fourth-order valence-electron chi connectivity index (χ4n) is 3.07. The van der Waals surface area contributed by atoms with Crippen molar-refractivity contribution in [3.05, 3.63) is 33.1 Å². The Hall–Kier alpha value is -2.35. The number of anilines is 1. The summed E-state index contributed by atoms with van der Waals surface area (Å²) < 4.78 is 10.7. The van der Waals surface area contributed by atoms with Crippen molar-refractivity contribution in [1.29, 1.82) is 0 Å². The zero-order chi connectivity index (χ0) is 20.5. The van der Waals surface area contributed by atoms with E-state index in [0.717, 1.165) is 22.6 Å². The maximum absolute atomic E-state index is 12.7. The van der Waals surface area contributed by atoms with Crippen LogP contribution in [0, 0.1) is 5.92 Å². The van der Waals surface area contributed by atoms with Crippen molar-refractivity contribution in [2.24, 2.45) is 5.92 Å². The Labute approximate surface area is 169 Å². The normalized spacial score (nSPS) is 14.1. The predicted octanol–water partition coefficient (Wildman–Crippen LogP) is 4.48. The molecule has 0 saturated heterocycles. The Morgan fingerprint density at radius 1 is 1.39 bits per heavy atom. The van der Waals surface area contributed by atoms with Gasteiger partial charge in [-0.2, -0.15) is 0 Å². The summed E-state index contributed by atoms with van der Waals surface area (Å²) >= 11 is 1.49. The first-order chi connectivity index (χ1) is 13.1. The smallest absolute Gasteiger partial charge is 0.410 e. The standard InChI is InChI=1S/C20H27N3O4S/c1-12(2)8-13-9-17(27-22-13)21-18(24)15-11-28-16-10-23(7-6-14(15)16)19(25)26-20(3,4)5/h9,11-12H,6-8,10H2,1-5H3,(H,21,24). The Morgan fingerprint density at radius 2 is 2.14 bits per heavy atom. The molecule has 0 spiro atoms. The highest BCUT2D eigenvalue weighted by Crippen LogP contribution is 2.30. The molecule has 2 amide bonds. The number of nitrogens with one attached hydrogen (secondary N) is 1. The average molecular weight is 406 g/mol. The Balaban J connectivity index is 1.66. The van der Waals surface area contributed by atoms with Crippen LogP contribution in [0.5, 0.6) is 0 Å². The lowest BCUT2D eigenvalue weighted by Crippen LogP contribution is -2.39. The van der Waals surface area contributed by atoms with Crippen LogP contribution in [-0.2, 0) is 24.1 Å². The van der Waals surface area contributed by atoms with Gasteiger partial charge in [0.2, 0.25) is 5.88 Å². The van der Waals surface area contributed by atoms with Crippen LogP contribution >= 0.6 is 11.3 Å². The molecule has 0 radical (unpaired) electrons. The third kappa shape index (κ3) is 4.92. The third-order valence-electron chi connectivity index (χ3n) is 4.26. The lowest BCUT2D eigenvalue weighted by Gasteiger charge is -2.30. The van der Waals surface area contributed by atoms with Gasteiger partial charge in [0.15, 0.2) is 0 Å². The molecule has 8 heteroatoms. The van der Waals surface area contributed by atoms with Gasteiger partial charge in [-0.05, 0) is 45.1 Å². The number of ether oxygens (including phenoxy) is 1. The van der Waals surface area contributed by atoms with Crippen molar-refractivity contribution in [2.45, 2.75) is 59.6 Å². The first kappa shape index (κ1) is 20.4. The molecular formula is C20H27N3O4S. The second-order valence-electron chi connectivity index (χ2n) is 8.44. The number of fused-ring (bicyclic) bond motifs is 1. The summed E-state index contributed by atoms with van der Waals surface area (Å²) in [6.45, 7) is 10.7. The molecule has 2 aromatic rings. The summed E-state index contributed by atoms with van der Waals surface area (Å²) in [7, 11) is 0. The molecule has 3 heterocycles. The number of thiophene rings is 1. The van der Waals surface area contributed by atoms with Gasteiger partial charge in [-0.1, -0.05) is 19.0 Å². The summed E-state index contributed by atoms with van der Waals surface area (Å²) in [6.07, 6.45) is 1.10. The van der Waals surface area contributed by atoms with Crippen molar-refractivity contribution in [3.8, 4) is 0 Å². The van der Waals surface area contributed by atoms with E-state index in [9.17, 15) is 9.59 Å². The number of hydrogen-bond acceptors (Lipinski definition) is 6. The van der Waals surface area contributed by atoms with Crippen LogP contribution in [0.15, 0.2) is 16.0 Å². The third-order valence-corrected chi connectivity index (χ3v) is 5.27. The van der Waals surface area contributed by atoms with E-state index in [1.165, 1.54) is 11.3 Å². The van der Waals surface area contributed by atoms with Crippen LogP contribution in [-0.4, -0.2) is 34.2 Å². The zero-order valence-electron chi connectivity index (χ0n) is 17.0. The highest BCUT2D eigenvalue weighted by molar-refractivity contribution is 7.10. The lowest BCUT2D eigenvalue weighted by atomic mass is 10.0. The van der Waals surface area contributed by atoms with Crippen molar-refractivity contribution in [3.63, 3.8) is 0 Å². The number of rotatable bonds is 4. The minimum Gasteiger partial charge on any atom is -0.444 e. The fourth-order valence-corrected chi connectivity index (χ4v) is 4.16. The molecule has 0 aromatic carbocycles. The molecule has 0 fully saturated rings. The molecule has 1 aliphatic heterocycles. The van der Waals surface area contributed by atoms with E-state index in [-0.39, 0.29) is 12.0 Å². The van der Waals surface area contributed by atoms with Crippen LogP contribution in [0.1, 0.15) is 61.1 Å². The zero-order valence-corrected chi connectivity index (χ0v) is 17.8. The molecule has 152 valence electrons. The van der Waals surface area contributed by atoms with Crippen LogP contribution < -0.4 is 5.32 Å². The van der Waals surface area contributed by atoms with Gasteiger partial charge in [0, 0.05) is 22.9 Å². The van der Waals surface area contributed by atoms with Crippen LogP contribution in [0.3, 0.4) is 0 Å². The van der Waals surface area contributed by atoms with E-state index in [1.807, 2.05) is 26.2 Å². The number of carbonyl (C=O) groups excluding carboxylic acids is 2. The number of carbonyl (C=O) groups is 2. The van der Waals surface area contributed by atoms with Crippen molar-refractivity contribution < 1.29 is 18.8 Å². The largest absolute Gasteiger partial charge is 0.444 e. The second kappa shape index (κ2) is 7.95. The highest BCUT2D eigenvalue weighted by Gasteiger charge is 2.29. The van der Waals surface area contributed by atoms with Crippen molar-refractivity contribution in [2.75, 3.05) is 11.9 Å². The first-order valence-corrected chi connectivity index (χ1v) is 10.3. The molecule has 3 rings (SSSR count). The second-order valence-corrected chi connectivity index (χ2v) is 9.40. The molecule has 0 saturated carbocycles. The summed E-state index contributed by atoms with van der Waals surface area (Å²) in [5.74, 6) is 0.604. The van der Waals surface area contributed by atoms with Crippen molar-refractivity contribution >= 4 is 29.2 Å². The van der Waals surface area contributed by atoms with Gasteiger partial charge in [-0.15, -0.1) is 11.3 Å². The molecular weight excluding hydrogens is 378 g/mol. The molecule has 28 heavy (non-hydrogen) atoms. The monoisotopic (exact) mass is 405 g/mol. The van der Waals surface area contributed by atoms with E-state index in [1.54, 1.807) is 11.0 Å². The van der Waals surface area contributed by atoms with E-state index >= 15 is 0 Å². The van der Waals surface area contributed by atoms with Gasteiger partial charge in [0.25, 0.3) is 5.91 Å². The average Bonchev–Trinajstić information content (AvgIpc) is 3.18. The van der Waals surface area contributed by atoms with Gasteiger partial charge in [-0.3, -0.25) is 10.1 Å². The van der Waals surface area contributed by atoms with E-state index in [4.69, 9.17) is 9.26 Å². The number of nitrogens with zero attached hydrogens (tertiary/aromatic N) is 2. The minimum atomic E-state index is -0.524. The molecule has 1 aliphatic rings. The van der Waals surface area contributed by atoms with Crippen LogP contribution in [0.4, 0.5) is 10.7 Å². The van der Waals surface area contributed by atoms with Gasteiger partial charge in [0.05, 0.1) is 17.8 Å². The van der Waals surface area contributed by atoms with Crippen LogP contribution in [0.25, 0.3) is 0 Å². The molecule has 0 bridgehead atoms. The Kier molecular flexibility index (Phi) is 5.79. The molecule has 0 aliphatic carbocycles. The predicted molar refractivity (Wildman–Crippen MR) is 108 cm³/mol. The van der Waals surface area contributed by atoms with Gasteiger partial charge < -0.3 is 14.2 Å². The van der Waals surface area contributed by atoms with E-state index in [0.29, 0.717) is 36.9 Å². The van der Waals surface area contributed by atoms with Gasteiger partial charge in [-0.25, -0.2) is 4.79 Å². The van der Waals surface area contributed by atoms with E-state index in [2.05, 4.69) is 24.3 Å². The molecule has 1 N–H and O–H groups in total. The van der Waals surface area contributed by atoms with Crippen LogP contribution in [0.2, 0.25) is 0 Å². The topological polar surface area (TPSA) is 84.7 Å². The SMILES string of the molecule is CC(C)Cc1cc(NC(=O)c2csc3c2CCN(C(=O)OC(C)(C)C)C3)on1. The fraction of sp³-hybridized carbons (Fsp3) is 0.550. The summed E-state index contributed by atoms with van der Waals surface area (Å²) in [6, 6.07) is 1.76. The molecule has 0 atom stereocenters. The number of hydrogen-bond donors (Lipinski definition) is 1. The maximum atomic E-state index is 12.7. The van der Waals surface area contributed by atoms with Gasteiger partial charge in [0.1, 0.15) is 5.60 Å². The number of aromatic nitrogens is 1. The molecule has 0 unspecified atom stereocenters. The quantitative estimate of drug-likeness (QED) is 0.811. The molecule has 2 aromatic heterocycles.